The van der Waals surface area contributed by atoms with Crippen molar-refractivity contribution in [2.75, 3.05) is 0 Å². The van der Waals surface area contributed by atoms with Crippen LogP contribution >= 0.6 is 0 Å². The molecular formula is C63H40N6. The van der Waals surface area contributed by atoms with Crippen molar-refractivity contribution in [2.24, 2.45) is 0 Å². The number of hydrogen-bond donors (Lipinski definition) is 0. The monoisotopic (exact) mass is 880 g/mol. The molecule has 13 aromatic rings. The Kier molecular flexibility index (Phi) is 9.72. The molecule has 0 saturated carbocycles. The Balaban J connectivity index is 0.967. The third kappa shape index (κ3) is 7.10. The van der Waals surface area contributed by atoms with E-state index in [1.54, 1.807) is 12.4 Å². The second kappa shape index (κ2) is 16.8. The molecule has 322 valence electrons. The van der Waals surface area contributed by atoms with Crippen LogP contribution in [0.1, 0.15) is 0 Å². The maximum absolute atomic E-state index is 5.61. The van der Waals surface area contributed by atoms with Gasteiger partial charge in [-0.05, 0) is 101 Å². The number of rotatable bonds is 8. The molecular weight excluding hydrogens is 841 g/mol. The Bertz CT molecular complexity index is 3900. The van der Waals surface area contributed by atoms with Crippen molar-refractivity contribution in [2.45, 2.75) is 0 Å². The predicted molar refractivity (Wildman–Crippen MR) is 283 cm³/mol. The number of fused-ring (bicyclic) bond motifs is 7. The van der Waals surface area contributed by atoms with Gasteiger partial charge in [-0.1, -0.05) is 146 Å². The molecule has 0 radical (unpaired) electrons. The van der Waals surface area contributed by atoms with E-state index >= 15 is 0 Å². The first kappa shape index (κ1) is 39.9. The first-order valence-corrected chi connectivity index (χ1v) is 23.1. The topological polar surface area (TPSA) is 69.4 Å². The summed E-state index contributed by atoms with van der Waals surface area (Å²) in [5.74, 6) is 0. The summed E-state index contributed by atoms with van der Waals surface area (Å²) in [5, 5.41) is 5.85. The molecule has 69 heavy (non-hydrogen) atoms. The third-order valence-electron chi connectivity index (χ3n) is 13.2. The zero-order valence-corrected chi connectivity index (χ0v) is 37.3. The highest BCUT2D eigenvalue weighted by Crippen LogP contribution is 2.44. The predicted octanol–water partition coefficient (Wildman–Crippen LogP) is 15.7. The summed E-state index contributed by atoms with van der Waals surface area (Å²) in [7, 11) is 0. The molecule has 6 aromatic heterocycles. The minimum Gasteiger partial charge on any atom is -0.309 e. The van der Waals surface area contributed by atoms with E-state index in [9.17, 15) is 0 Å². The number of aromatic nitrogens is 6. The molecule has 0 aliphatic rings. The Labute approximate surface area is 398 Å². The maximum Gasteiger partial charge on any atom is 0.0886 e. The van der Waals surface area contributed by atoms with Gasteiger partial charge in [0.1, 0.15) is 0 Å². The zero-order valence-electron chi connectivity index (χ0n) is 37.3. The van der Waals surface area contributed by atoms with Gasteiger partial charge in [-0.3, -0.25) is 19.9 Å². The molecule has 0 aliphatic carbocycles. The Morgan fingerprint density at radius 1 is 0.319 bits per heavy atom. The molecule has 0 atom stereocenters. The summed E-state index contributed by atoms with van der Waals surface area (Å²) >= 11 is 0. The van der Waals surface area contributed by atoms with Crippen LogP contribution in [0.25, 0.3) is 128 Å². The molecule has 0 amide bonds. The van der Waals surface area contributed by atoms with Crippen LogP contribution < -0.4 is 0 Å². The zero-order chi connectivity index (χ0) is 45.7. The van der Waals surface area contributed by atoms with Crippen LogP contribution in [0.4, 0.5) is 0 Å². The Morgan fingerprint density at radius 2 is 0.855 bits per heavy atom. The van der Waals surface area contributed by atoms with Crippen molar-refractivity contribution in [3.8, 4) is 84.2 Å². The van der Waals surface area contributed by atoms with Gasteiger partial charge in [0.05, 0.1) is 45.0 Å². The van der Waals surface area contributed by atoms with Crippen LogP contribution in [0, 0.1) is 0 Å². The lowest BCUT2D eigenvalue weighted by atomic mass is 9.92. The Morgan fingerprint density at radius 3 is 1.48 bits per heavy atom. The first-order valence-electron chi connectivity index (χ1n) is 23.1. The number of pyridine rings is 5. The molecule has 0 saturated heterocycles. The van der Waals surface area contributed by atoms with Gasteiger partial charge in [-0.15, -0.1) is 0 Å². The fraction of sp³-hybridized carbons (Fsp3) is 0. The van der Waals surface area contributed by atoms with E-state index in [1.165, 1.54) is 27.2 Å². The third-order valence-corrected chi connectivity index (χ3v) is 13.2. The largest absolute Gasteiger partial charge is 0.309 e. The van der Waals surface area contributed by atoms with Gasteiger partial charge >= 0.3 is 0 Å². The smallest absolute Gasteiger partial charge is 0.0886 e. The van der Waals surface area contributed by atoms with E-state index in [1.807, 2.05) is 60.9 Å². The number of hydrogen-bond acceptors (Lipinski definition) is 5. The summed E-state index contributed by atoms with van der Waals surface area (Å²) in [4.78, 5) is 24.3. The number of para-hydroxylation sites is 3. The Hall–Kier alpha value is -9.39. The first-order chi connectivity index (χ1) is 34.2. The van der Waals surface area contributed by atoms with Crippen molar-refractivity contribution in [3.63, 3.8) is 0 Å². The molecule has 0 aliphatic heterocycles. The van der Waals surface area contributed by atoms with E-state index in [0.29, 0.717) is 0 Å². The average Bonchev–Trinajstić information content (AvgIpc) is 3.78. The van der Waals surface area contributed by atoms with E-state index in [0.717, 1.165) is 101 Å². The molecule has 6 nitrogen and oxygen atoms in total. The summed E-state index contributed by atoms with van der Waals surface area (Å²) in [6, 6.07) is 77.0. The molecule has 0 unspecified atom stereocenters. The standard InChI is InChI=1S/C63H40N6/c1-3-14-43(15-4-1)61-54-31-30-52-51-18-7-8-23-59(51)69(49-16-5-2-6-17-49)63(52)60(54)53-20-13-19-50(62(53)68-61)42-26-24-41(25-27-42)46-36-47(44-28-32-57(66-39-44)55-21-9-11-34-64-55)38-48(37-46)45-29-33-58(67-40-45)56-22-10-12-35-65-56/h1-40H. The van der Waals surface area contributed by atoms with Gasteiger partial charge in [-0.25, -0.2) is 4.98 Å². The molecule has 6 heterocycles. The molecule has 0 bridgehead atoms. The van der Waals surface area contributed by atoms with Gasteiger partial charge in [0.15, 0.2) is 0 Å². The van der Waals surface area contributed by atoms with Crippen molar-refractivity contribution >= 4 is 43.5 Å². The lowest BCUT2D eigenvalue weighted by Crippen LogP contribution is -1.97. The second-order valence-electron chi connectivity index (χ2n) is 17.3. The summed E-state index contributed by atoms with van der Waals surface area (Å²) in [6.45, 7) is 0. The molecule has 0 N–H and O–H groups in total. The van der Waals surface area contributed by atoms with Crippen LogP contribution in [0.15, 0.2) is 243 Å². The number of benzene rings is 7. The fourth-order valence-electron chi connectivity index (χ4n) is 9.89. The highest BCUT2D eigenvalue weighted by molar-refractivity contribution is 6.28. The highest BCUT2D eigenvalue weighted by Gasteiger charge is 2.21. The second-order valence-corrected chi connectivity index (χ2v) is 17.3. The van der Waals surface area contributed by atoms with E-state index in [4.69, 9.17) is 15.0 Å². The van der Waals surface area contributed by atoms with Crippen LogP contribution in [-0.4, -0.2) is 29.5 Å². The summed E-state index contributed by atoms with van der Waals surface area (Å²) in [5.41, 5.74) is 18.3. The average molecular weight is 881 g/mol. The molecule has 0 fully saturated rings. The van der Waals surface area contributed by atoms with Crippen LogP contribution in [0.2, 0.25) is 0 Å². The SMILES string of the molecule is c1ccc(-c2nc3c(-c4ccc(-c5cc(-c6ccc(-c7ccccn7)nc6)cc(-c6ccc(-c7ccccn7)nc6)c5)cc4)cccc3c3c2ccc2c4ccccc4n(-c4ccccc4)c23)cc1. The van der Waals surface area contributed by atoms with Crippen molar-refractivity contribution in [1.29, 1.82) is 0 Å². The van der Waals surface area contributed by atoms with Crippen molar-refractivity contribution in [3.05, 3.63) is 243 Å². The molecule has 7 aromatic carbocycles. The quantitative estimate of drug-likeness (QED) is 0.142. The fourth-order valence-corrected chi connectivity index (χ4v) is 9.89. The van der Waals surface area contributed by atoms with E-state index in [-0.39, 0.29) is 0 Å². The normalized spacial score (nSPS) is 11.5. The molecule has 13 rings (SSSR count). The van der Waals surface area contributed by atoms with Gasteiger partial charge in [0, 0.05) is 79.7 Å². The maximum atomic E-state index is 5.61. The van der Waals surface area contributed by atoms with Gasteiger partial charge < -0.3 is 4.57 Å². The van der Waals surface area contributed by atoms with Crippen molar-refractivity contribution < 1.29 is 0 Å². The summed E-state index contributed by atoms with van der Waals surface area (Å²) < 4.78 is 2.43. The molecule has 6 heteroatoms. The van der Waals surface area contributed by atoms with Crippen LogP contribution in [0.5, 0.6) is 0 Å². The lowest BCUT2D eigenvalue weighted by Gasteiger charge is -2.16. The van der Waals surface area contributed by atoms with Gasteiger partial charge in [0.2, 0.25) is 0 Å². The highest BCUT2D eigenvalue weighted by atomic mass is 15.0. The van der Waals surface area contributed by atoms with Gasteiger partial charge in [-0.2, -0.15) is 0 Å². The summed E-state index contributed by atoms with van der Waals surface area (Å²) in [6.07, 6.45) is 7.47. The minimum absolute atomic E-state index is 0.829. The molecule has 0 spiro atoms. The van der Waals surface area contributed by atoms with Crippen LogP contribution in [0.3, 0.4) is 0 Å². The lowest BCUT2D eigenvalue weighted by molar-refractivity contribution is 1.19. The van der Waals surface area contributed by atoms with Gasteiger partial charge in [0.25, 0.3) is 0 Å². The van der Waals surface area contributed by atoms with Crippen LogP contribution in [-0.2, 0) is 0 Å². The minimum atomic E-state index is 0.829. The number of nitrogens with zero attached hydrogens (tertiary/aromatic N) is 6. The van der Waals surface area contributed by atoms with E-state index in [2.05, 4.69) is 184 Å². The van der Waals surface area contributed by atoms with E-state index < -0.39 is 0 Å². The van der Waals surface area contributed by atoms with Crippen molar-refractivity contribution in [1.82, 2.24) is 29.5 Å².